The van der Waals surface area contributed by atoms with Crippen molar-refractivity contribution in [2.24, 2.45) is 7.05 Å². The zero-order valence-electron chi connectivity index (χ0n) is 13.3. The van der Waals surface area contributed by atoms with E-state index in [1.54, 1.807) is 0 Å². The molecule has 116 valence electrons. The highest BCUT2D eigenvalue weighted by Crippen LogP contribution is 2.23. The van der Waals surface area contributed by atoms with Crippen LogP contribution in [-0.4, -0.2) is 28.3 Å². The number of fused-ring (bicyclic) bond motifs is 2. The number of carbonyl (C=O) groups is 1. The third-order valence-corrected chi connectivity index (χ3v) is 4.77. The molecule has 0 atom stereocenters. The van der Waals surface area contributed by atoms with Gasteiger partial charge in [0.05, 0.1) is 6.54 Å². The number of Topliss-reactive ketones (excluding diaryl/α,β-unsaturated/α-hetero) is 1. The largest absolute Gasteiger partial charge is 0.350 e. The Balaban J connectivity index is 1.56. The van der Waals surface area contributed by atoms with Gasteiger partial charge in [-0.05, 0) is 23.6 Å². The van der Waals surface area contributed by atoms with E-state index >= 15 is 0 Å². The van der Waals surface area contributed by atoms with Crippen LogP contribution in [-0.2, 0) is 20.0 Å². The number of aromatic nitrogens is 1. The number of rotatable bonds is 3. The van der Waals surface area contributed by atoms with Gasteiger partial charge in [0.2, 0.25) is 0 Å². The van der Waals surface area contributed by atoms with Gasteiger partial charge < -0.3 is 4.57 Å². The Morgan fingerprint density at radius 1 is 1.04 bits per heavy atom. The van der Waals surface area contributed by atoms with Gasteiger partial charge in [0.1, 0.15) is 0 Å². The lowest BCUT2D eigenvalue weighted by molar-refractivity contribution is 0.0923. The number of nitrogens with zero attached hydrogens (tertiary/aromatic N) is 2. The lowest BCUT2D eigenvalue weighted by Gasteiger charge is -2.27. The fraction of sp³-hybridized carbons (Fsp3) is 0.250. The van der Waals surface area contributed by atoms with E-state index in [0.717, 1.165) is 36.0 Å². The van der Waals surface area contributed by atoms with E-state index in [9.17, 15) is 4.79 Å². The van der Waals surface area contributed by atoms with Crippen molar-refractivity contribution in [2.45, 2.75) is 13.0 Å². The average Bonchev–Trinajstić information content (AvgIpc) is 2.92. The maximum atomic E-state index is 12.8. The highest BCUT2D eigenvalue weighted by atomic mass is 16.1. The summed E-state index contributed by atoms with van der Waals surface area (Å²) in [5, 5.41) is 1.05. The molecule has 0 saturated heterocycles. The van der Waals surface area contributed by atoms with Gasteiger partial charge in [-0.2, -0.15) is 0 Å². The number of aryl methyl sites for hydroxylation is 1. The second-order valence-electron chi connectivity index (χ2n) is 6.32. The summed E-state index contributed by atoms with van der Waals surface area (Å²) in [4.78, 5) is 15.1. The summed E-state index contributed by atoms with van der Waals surface area (Å²) in [6.07, 6.45) is 2.99. The third-order valence-electron chi connectivity index (χ3n) is 4.77. The Morgan fingerprint density at radius 3 is 2.65 bits per heavy atom. The minimum Gasteiger partial charge on any atom is -0.350 e. The van der Waals surface area contributed by atoms with Crippen molar-refractivity contribution in [1.29, 1.82) is 0 Å². The summed E-state index contributed by atoms with van der Waals surface area (Å²) in [6, 6.07) is 16.6. The van der Waals surface area contributed by atoms with Crippen LogP contribution < -0.4 is 0 Å². The van der Waals surface area contributed by atoms with Gasteiger partial charge in [-0.25, -0.2) is 0 Å². The Morgan fingerprint density at radius 2 is 1.78 bits per heavy atom. The van der Waals surface area contributed by atoms with E-state index in [1.165, 1.54) is 11.1 Å². The Hall–Kier alpha value is -2.39. The molecule has 3 aromatic rings. The molecule has 3 nitrogen and oxygen atoms in total. The van der Waals surface area contributed by atoms with Crippen molar-refractivity contribution >= 4 is 16.7 Å². The second-order valence-corrected chi connectivity index (χ2v) is 6.32. The first kappa shape index (κ1) is 14.2. The minimum atomic E-state index is 0.209. The van der Waals surface area contributed by atoms with Crippen LogP contribution in [0.1, 0.15) is 21.5 Å². The molecule has 0 radical (unpaired) electrons. The van der Waals surface area contributed by atoms with Crippen molar-refractivity contribution in [3.8, 4) is 0 Å². The Bertz CT molecular complexity index is 878. The fourth-order valence-electron chi connectivity index (χ4n) is 3.54. The van der Waals surface area contributed by atoms with Gasteiger partial charge >= 0.3 is 0 Å². The average molecular weight is 304 g/mol. The monoisotopic (exact) mass is 304 g/mol. The Kier molecular flexibility index (Phi) is 3.50. The highest BCUT2D eigenvalue weighted by molar-refractivity contribution is 6.09. The molecular formula is C20H20N2O. The van der Waals surface area contributed by atoms with Crippen molar-refractivity contribution in [2.75, 3.05) is 13.1 Å². The lowest BCUT2D eigenvalue weighted by Crippen LogP contribution is -2.34. The third kappa shape index (κ3) is 2.57. The molecule has 2 aromatic carbocycles. The number of benzene rings is 2. The number of para-hydroxylation sites is 1. The molecule has 0 unspecified atom stereocenters. The van der Waals surface area contributed by atoms with Crippen LogP contribution in [0.3, 0.4) is 0 Å². The van der Waals surface area contributed by atoms with E-state index in [1.807, 2.05) is 36.0 Å². The smallest absolute Gasteiger partial charge is 0.178 e. The lowest BCUT2D eigenvalue weighted by atomic mass is 9.99. The molecule has 23 heavy (non-hydrogen) atoms. The maximum absolute atomic E-state index is 12.8. The van der Waals surface area contributed by atoms with E-state index in [2.05, 4.69) is 35.2 Å². The van der Waals surface area contributed by atoms with E-state index in [4.69, 9.17) is 0 Å². The van der Waals surface area contributed by atoms with Gasteiger partial charge in [-0.15, -0.1) is 0 Å². The molecule has 4 rings (SSSR count). The van der Waals surface area contributed by atoms with E-state index in [-0.39, 0.29) is 5.78 Å². The topological polar surface area (TPSA) is 25.2 Å². The van der Waals surface area contributed by atoms with Crippen molar-refractivity contribution in [1.82, 2.24) is 9.47 Å². The number of ketones is 1. The summed E-state index contributed by atoms with van der Waals surface area (Å²) in [5.41, 5.74) is 4.72. The first-order chi connectivity index (χ1) is 11.2. The second kappa shape index (κ2) is 5.67. The quantitative estimate of drug-likeness (QED) is 0.693. The predicted molar refractivity (Wildman–Crippen MR) is 92.7 cm³/mol. The molecule has 0 aliphatic carbocycles. The molecule has 0 bridgehead atoms. The van der Waals surface area contributed by atoms with Gasteiger partial charge in [-0.1, -0.05) is 42.5 Å². The van der Waals surface area contributed by atoms with E-state index < -0.39 is 0 Å². The van der Waals surface area contributed by atoms with Crippen LogP contribution in [0.4, 0.5) is 0 Å². The standard InChI is InChI=1S/C20H20N2O/c1-21-13-18(17-8-4-5-9-19(17)21)20(23)14-22-11-10-15-6-2-3-7-16(15)12-22/h2-9,13H,10-12,14H2,1H3. The SMILES string of the molecule is Cn1cc(C(=O)CN2CCc3ccccc3C2)c2ccccc21. The Labute approximate surface area is 136 Å². The summed E-state index contributed by atoms with van der Waals surface area (Å²) in [7, 11) is 2.00. The molecule has 3 heteroatoms. The molecule has 1 aromatic heterocycles. The van der Waals surface area contributed by atoms with Crippen LogP contribution in [0.5, 0.6) is 0 Å². The van der Waals surface area contributed by atoms with Crippen LogP contribution >= 0.6 is 0 Å². The molecule has 2 heterocycles. The van der Waals surface area contributed by atoms with E-state index in [0.29, 0.717) is 6.54 Å². The fourth-order valence-corrected chi connectivity index (χ4v) is 3.54. The zero-order valence-corrected chi connectivity index (χ0v) is 13.3. The molecule has 1 aliphatic heterocycles. The minimum absolute atomic E-state index is 0.209. The van der Waals surface area contributed by atoms with Crippen LogP contribution in [0.2, 0.25) is 0 Å². The molecule has 0 fully saturated rings. The van der Waals surface area contributed by atoms with Crippen molar-refractivity contribution in [3.63, 3.8) is 0 Å². The molecule has 0 N–H and O–H groups in total. The molecule has 0 amide bonds. The van der Waals surface area contributed by atoms with Crippen molar-refractivity contribution < 1.29 is 4.79 Å². The molecule has 1 aliphatic rings. The number of hydrogen-bond acceptors (Lipinski definition) is 2. The van der Waals surface area contributed by atoms with Crippen LogP contribution in [0.25, 0.3) is 10.9 Å². The highest BCUT2D eigenvalue weighted by Gasteiger charge is 2.20. The number of carbonyl (C=O) groups excluding carboxylic acids is 1. The summed E-state index contributed by atoms with van der Waals surface area (Å²) >= 11 is 0. The van der Waals surface area contributed by atoms with Crippen LogP contribution in [0, 0.1) is 0 Å². The predicted octanol–water partition coefficient (Wildman–Crippen LogP) is 3.42. The normalized spacial score (nSPS) is 14.8. The number of hydrogen-bond donors (Lipinski definition) is 0. The first-order valence-corrected chi connectivity index (χ1v) is 8.09. The summed E-state index contributed by atoms with van der Waals surface area (Å²) in [5.74, 6) is 0.209. The van der Waals surface area contributed by atoms with Gasteiger partial charge in [0.25, 0.3) is 0 Å². The summed E-state index contributed by atoms with van der Waals surface area (Å²) < 4.78 is 2.04. The van der Waals surface area contributed by atoms with Crippen LogP contribution in [0.15, 0.2) is 54.7 Å². The van der Waals surface area contributed by atoms with Crippen molar-refractivity contribution in [3.05, 3.63) is 71.4 Å². The molecule has 0 spiro atoms. The maximum Gasteiger partial charge on any atom is 0.178 e. The molecular weight excluding hydrogens is 284 g/mol. The van der Waals surface area contributed by atoms with Gasteiger partial charge in [0, 0.05) is 42.8 Å². The first-order valence-electron chi connectivity index (χ1n) is 8.09. The van der Waals surface area contributed by atoms with Gasteiger partial charge in [-0.3, -0.25) is 9.69 Å². The zero-order chi connectivity index (χ0) is 15.8. The molecule has 0 saturated carbocycles. The summed E-state index contributed by atoms with van der Waals surface area (Å²) in [6.45, 7) is 2.31. The van der Waals surface area contributed by atoms with Gasteiger partial charge in [0.15, 0.2) is 5.78 Å².